The Hall–Kier alpha value is -1.69. The minimum atomic E-state index is -1.04. The van der Waals surface area contributed by atoms with Gasteiger partial charge in [-0.2, -0.15) is 4.39 Å². The summed E-state index contributed by atoms with van der Waals surface area (Å²) >= 11 is 0. The van der Waals surface area contributed by atoms with Crippen LogP contribution in [0.4, 0.5) is 8.78 Å². The zero-order chi connectivity index (χ0) is 18.5. The fourth-order valence-electron chi connectivity index (χ4n) is 6.07. The van der Waals surface area contributed by atoms with E-state index in [1.165, 1.54) is 25.7 Å². The lowest BCUT2D eigenvalue weighted by Gasteiger charge is -2.60. The van der Waals surface area contributed by atoms with Crippen LogP contribution in [0.5, 0.6) is 5.75 Å². The molecule has 0 aliphatic heterocycles. The van der Waals surface area contributed by atoms with E-state index in [9.17, 15) is 18.7 Å². The van der Waals surface area contributed by atoms with Crippen LogP contribution < -0.4 is 10.1 Å². The van der Waals surface area contributed by atoms with Gasteiger partial charge in [0.25, 0.3) is 0 Å². The van der Waals surface area contributed by atoms with Crippen molar-refractivity contribution in [3.8, 4) is 5.75 Å². The third-order valence-corrected chi connectivity index (χ3v) is 6.51. The summed E-state index contributed by atoms with van der Waals surface area (Å²) in [5, 5.41) is 13.5. The van der Waals surface area contributed by atoms with Crippen LogP contribution in [0.25, 0.3) is 0 Å². The molecule has 0 saturated heterocycles. The first-order valence-electron chi connectivity index (χ1n) is 9.31. The highest BCUT2D eigenvalue weighted by Gasteiger charge is 2.57. The number of halogens is 2. The second-order valence-corrected chi connectivity index (χ2v) is 8.69. The first-order valence-corrected chi connectivity index (χ1v) is 9.31. The minimum Gasteiger partial charge on any atom is -0.494 e. The van der Waals surface area contributed by atoms with E-state index in [1.54, 1.807) is 0 Å². The van der Waals surface area contributed by atoms with Crippen molar-refractivity contribution in [3.05, 3.63) is 29.3 Å². The van der Waals surface area contributed by atoms with E-state index < -0.39 is 17.2 Å². The largest absolute Gasteiger partial charge is 0.494 e. The Morgan fingerprint density at radius 3 is 2.54 bits per heavy atom. The summed E-state index contributed by atoms with van der Waals surface area (Å²) < 4.78 is 32.6. The molecule has 0 aromatic heterocycles. The highest BCUT2D eigenvalue weighted by molar-refractivity contribution is 5.76. The molecule has 4 aliphatic rings. The average molecular weight is 365 g/mol. The summed E-state index contributed by atoms with van der Waals surface area (Å²) in [6.45, 7) is -0.0568. The first-order chi connectivity index (χ1) is 12.3. The van der Waals surface area contributed by atoms with Crippen LogP contribution in [0.2, 0.25) is 0 Å². The Balaban J connectivity index is 1.40. The molecule has 4 aliphatic carbocycles. The maximum absolute atomic E-state index is 14.0. The van der Waals surface area contributed by atoms with Crippen molar-refractivity contribution in [2.24, 2.45) is 17.3 Å². The van der Waals surface area contributed by atoms with Crippen LogP contribution in [0, 0.1) is 28.9 Å². The van der Waals surface area contributed by atoms with Crippen LogP contribution in [0.1, 0.15) is 50.5 Å². The minimum absolute atomic E-state index is 0.0568. The van der Waals surface area contributed by atoms with Gasteiger partial charge in [0.2, 0.25) is 11.7 Å². The van der Waals surface area contributed by atoms with Gasteiger partial charge in [-0.15, -0.1) is 0 Å². The van der Waals surface area contributed by atoms with E-state index in [4.69, 9.17) is 4.74 Å². The molecule has 4 bridgehead atoms. The monoisotopic (exact) mass is 365 g/mol. The Labute approximate surface area is 151 Å². The van der Waals surface area contributed by atoms with Crippen molar-refractivity contribution in [2.45, 2.75) is 57.1 Å². The van der Waals surface area contributed by atoms with Crippen LogP contribution in [0.3, 0.4) is 0 Å². The van der Waals surface area contributed by atoms with E-state index in [2.05, 4.69) is 5.32 Å². The SMILES string of the molecule is COc1ccc(CNC(=O)CC23C[C@H]4C[C@@H](CC(O)(C4)C2)C3)c(F)c1F. The maximum atomic E-state index is 14.0. The van der Waals surface area contributed by atoms with Crippen molar-refractivity contribution in [1.82, 2.24) is 5.32 Å². The molecular weight excluding hydrogens is 340 g/mol. The molecule has 0 heterocycles. The molecule has 6 heteroatoms. The number of amides is 1. The van der Waals surface area contributed by atoms with Crippen LogP contribution in [-0.2, 0) is 11.3 Å². The third kappa shape index (κ3) is 3.08. The molecule has 1 aromatic carbocycles. The van der Waals surface area contributed by atoms with Gasteiger partial charge < -0.3 is 15.2 Å². The quantitative estimate of drug-likeness (QED) is 0.842. The Kier molecular flexibility index (Phi) is 4.21. The Morgan fingerprint density at radius 2 is 1.92 bits per heavy atom. The molecule has 0 spiro atoms. The van der Waals surface area contributed by atoms with E-state index in [1.807, 2.05) is 0 Å². The van der Waals surface area contributed by atoms with E-state index in [-0.39, 0.29) is 29.2 Å². The number of carbonyl (C=O) groups is 1. The lowest BCUT2D eigenvalue weighted by molar-refractivity contribution is -0.169. The summed E-state index contributed by atoms with van der Waals surface area (Å²) in [4.78, 5) is 12.5. The fourth-order valence-corrected chi connectivity index (χ4v) is 6.07. The van der Waals surface area contributed by atoms with Gasteiger partial charge in [-0.05, 0) is 61.8 Å². The number of carbonyl (C=O) groups excluding carboxylic acids is 1. The molecule has 4 fully saturated rings. The lowest BCUT2D eigenvalue weighted by atomic mass is 9.47. The van der Waals surface area contributed by atoms with Gasteiger partial charge in [-0.1, -0.05) is 6.07 Å². The van der Waals surface area contributed by atoms with Gasteiger partial charge in [-0.3, -0.25) is 4.79 Å². The van der Waals surface area contributed by atoms with Crippen LogP contribution in [-0.4, -0.2) is 23.7 Å². The number of nitrogens with one attached hydrogen (secondary N) is 1. The molecule has 1 amide bonds. The summed E-state index contributed by atoms with van der Waals surface area (Å²) in [5.41, 5.74) is -0.636. The van der Waals surface area contributed by atoms with Crippen molar-refractivity contribution in [1.29, 1.82) is 0 Å². The number of ether oxygens (including phenoxy) is 1. The Morgan fingerprint density at radius 1 is 1.23 bits per heavy atom. The maximum Gasteiger partial charge on any atom is 0.220 e. The number of aliphatic hydroxyl groups is 1. The predicted octanol–water partition coefficient (Wildman–Crippen LogP) is 3.31. The predicted molar refractivity (Wildman–Crippen MR) is 91.4 cm³/mol. The summed E-state index contributed by atoms with van der Waals surface area (Å²) in [6.07, 6.45) is 5.92. The molecule has 1 aromatic rings. The van der Waals surface area contributed by atoms with Crippen molar-refractivity contribution >= 4 is 5.91 Å². The number of rotatable bonds is 5. The van der Waals surface area contributed by atoms with Crippen molar-refractivity contribution < 1.29 is 23.4 Å². The number of hydrogen-bond donors (Lipinski definition) is 2. The van der Waals surface area contributed by atoms with Gasteiger partial charge in [-0.25, -0.2) is 4.39 Å². The summed E-state index contributed by atoms with van der Waals surface area (Å²) in [5.74, 6) is -1.31. The standard InChI is InChI=1S/C20H25F2NO3/c1-26-15-3-2-14(17(21)18(15)22)10-23-16(24)9-19-5-12-4-13(6-19)8-20(25,7-12)11-19/h2-3,12-13,25H,4-11H2,1H3,(H,23,24)/t12-,13-,19?,20?/m1/s1. The highest BCUT2D eigenvalue weighted by Crippen LogP contribution is 2.62. The van der Waals surface area contributed by atoms with Crippen LogP contribution in [0.15, 0.2) is 12.1 Å². The molecule has 0 unspecified atom stereocenters. The second-order valence-electron chi connectivity index (χ2n) is 8.69. The molecule has 4 nitrogen and oxygen atoms in total. The lowest BCUT2D eigenvalue weighted by Crippen LogP contribution is -2.56. The molecule has 5 rings (SSSR count). The zero-order valence-corrected chi connectivity index (χ0v) is 15.0. The number of hydrogen-bond acceptors (Lipinski definition) is 3. The topological polar surface area (TPSA) is 58.6 Å². The first kappa shape index (κ1) is 17.7. The average Bonchev–Trinajstić information content (AvgIpc) is 2.53. The second kappa shape index (κ2) is 6.19. The van der Waals surface area contributed by atoms with Gasteiger partial charge in [0, 0.05) is 18.5 Å². The molecule has 26 heavy (non-hydrogen) atoms. The molecule has 0 radical (unpaired) electrons. The zero-order valence-electron chi connectivity index (χ0n) is 15.0. The Bertz CT molecular complexity index is 722. The highest BCUT2D eigenvalue weighted by atomic mass is 19.2. The van der Waals surface area contributed by atoms with Crippen LogP contribution >= 0.6 is 0 Å². The molecule has 2 atom stereocenters. The third-order valence-electron chi connectivity index (χ3n) is 6.51. The normalized spacial score (nSPS) is 34.8. The fraction of sp³-hybridized carbons (Fsp3) is 0.650. The summed E-state index contributed by atoms with van der Waals surface area (Å²) in [7, 11) is 1.28. The molecular formula is C20H25F2NO3. The van der Waals surface area contributed by atoms with Gasteiger partial charge >= 0.3 is 0 Å². The van der Waals surface area contributed by atoms with Crippen molar-refractivity contribution in [2.75, 3.05) is 7.11 Å². The van der Waals surface area contributed by atoms with Crippen molar-refractivity contribution in [3.63, 3.8) is 0 Å². The van der Waals surface area contributed by atoms with E-state index in [0.717, 1.165) is 25.7 Å². The van der Waals surface area contributed by atoms with Gasteiger partial charge in [0.15, 0.2) is 11.6 Å². The van der Waals surface area contributed by atoms with Gasteiger partial charge in [0.05, 0.1) is 12.7 Å². The van der Waals surface area contributed by atoms with E-state index >= 15 is 0 Å². The molecule has 142 valence electrons. The summed E-state index contributed by atoms with van der Waals surface area (Å²) in [6, 6.07) is 2.78. The molecule has 4 saturated carbocycles. The van der Waals surface area contributed by atoms with E-state index in [0.29, 0.717) is 24.7 Å². The number of benzene rings is 1. The smallest absolute Gasteiger partial charge is 0.220 e. The van der Waals surface area contributed by atoms with Gasteiger partial charge in [0.1, 0.15) is 0 Å². The number of methoxy groups -OCH3 is 1. The molecule has 2 N–H and O–H groups in total.